The maximum atomic E-state index is 13.5. The van der Waals surface area contributed by atoms with E-state index in [2.05, 4.69) is 20.3 Å². The Morgan fingerprint density at radius 2 is 1.95 bits per heavy atom. The average Bonchev–Trinajstić information content (AvgIpc) is 3.64. The summed E-state index contributed by atoms with van der Waals surface area (Å²) in [5, 5.41) is 5.02. The van der Waals surface area contributed by atoms with Crippen LogP contribution in [0.1, 0.15) is 46.7 Å². The molecule has 3 unspecified atom stereocenters. The summed E-state index contributed by atoms with van der Waals surface area (Å²) in [4.78, 5) is 68.2. The van der Waals surface area contributed by atoms with E-state index < -0.39 is 18.0 Å². The van der Waals surface area contributed by atoms with Crippen molar-refractivity contribution in [2.75, 3.05) is 18.8 Å². The van der Waals surface area contributed by atoms with Gasteiger partial charge in [0.2, 0.25) is 29.5 Å². The third-order valence-corrected chi connectivity index (χ3v) is 8.39. The number of hydrogen-bond donors (Lipinski definition) is 2. The standard InChI is InChI=1S/C28H30ClN7O4S/c29-22-14-18(32-28(30)34-22)7-9-20(25(39)27-31-12-13-41-27)33-26(40)21-10-8-19-15-35(16-24(38)36(19)21)23(37)11-6-17-4-2-1-3-5-17/h1-5,12-14,19-21H,6-11,15-16H2,(H,33,40)(H2,30,32,34). The van der Waals surface area contributed by atoms with Gasteiger partial charge in [-0.05, 0) is 43.7 Å². The molecule has 2 aromatic heterocycles. The Morgan fingerprint density at radius 1 is 1.15 bits per heavy atom. The van der Waals surface area contributed by atoms with Gasteiger partial charge in [0.25, 0.3) is 0 Å². The number of fused-ring (bicyclic) bond motifs is 1. The molecule has 0 saturated carbocycles. The first-order valence-corrected chi connectivity index (χ1v) is 14.7. The number of halogens is 1. The highest BCUT2D eigenvalue weighted by molar-refractivity contribution is 7.11. The van der Waals surface area contributed by atoms with Crippen LogP contribution in [0.3, 0.4) is 0 Å². The molecular formula is C28H30ClN7O4S. The quantitative estimate of drug-likeness (QED) is 0.268. The van der Waals surface area contributed by atoms with Crippen molar-refractivity contribution in [3.05, 3.63) is 69.4 Å². The van der Waals surface area contributed by atoms with Crippen molar-refractivity contribution in [2.45, 2.75) is 56.7 Å². The van der Waals surface area contributed by atoms with Crippen LogP contribution in [-0.4, -0.2) is 79.5 Å². The van der Waals surface area contributed by atoms with Gasteiger partial charge in [-0.25, -0.2) is 15.0 Å². The first-order chi connectivity index (χ1) is 19.8. The lowest BCUT2D eigenvalue weighted by Crippen LogP contribution is -2.60. The van der Waals surface area contributed by atoms with Crippen LogP contribution in [0.25, 0.3) is 0 Å². The summed E-state index contributed by atoms with van der Waals surface area (Å²) in [6.07, 6.45) is 4.03. The van der Waals surface area contributed by atoms with Gasteiger partial charge in [0, 0.05) is 30.2 Å². The first-order valence-electron chi connectivity index (χ1n) is 13.4. The van der Waals surface area contributed by atoms with Gasteiger partial charge < -0.3 is 20.9 Å². The largest absolute Gasteiger partial charge is 0.368 e. The zero-order valence-corrected chi connectivity index (χ0v) is 23.8. The Balaban J connectivity index is 1.22. The number of nitrogens with one attached hydrogen (secondary N) is 1. The Hall–Kier alpha value is -3.90. The van der Waals surface area contributed by atoms with Gasteiger partial charge in [-0.3, -0.25) is 19.2 Å². The lowest BCUT2D eigenvalue weighted by molar-refractivity contribution is -0.151. The summed E-state index contributed by atoms with van der Waals surface area (Å²) < 4.78 is 0. The Labute approximate surface area is 246 Å². The molecule has 0 radical (unpaired) electrons. The number of piperazine rings is 1. The summed E-state index contributed by atoms with van der Waals surface area (Å²) in [6.45, 7) is 0.325. The van der Waals surface area contributed by atoms with Crippen LogP contribution in [0.5, 0.6) is 0 Å². The van der Waals surface area contributed by atoms with Crippen molar-refractivity contribution in [3.8, 4) is 0 Å². The molecule has 0 spiro atoms. The van der Waals surface area contributed by atoms with E-state index in [4.69, 9.17) is 17.3 Å². The maximum absolute atomic E-state index is 13.5. The van der Waals surface area contributed by atoms with E-state index in [0.29, 0.717) is 44.3 Å². The Bertz CT molecular complexity index is 1400. The van der Waals surface area contributed by atoms with Crippen molar-refractivity contribution in [2.24, 2.45) is 0 Å². The molecule has 11 nitrogen and oxygen atoms in total. The Morgan fingerprint density at radius 3 is 2.68 bits per heavy atom. The summed E-state index contributed by atoms with van der Waals surface area (Å²) in [5.74, 6) is -1.04. The molecule has 0 aliphatic carbocycles. The number of ketones is 1. The number of carbonyl (C=O) groups excluding carboxylic acids is 4. The van der Waals surface area contributed by atoms with Gasteiger partial charge in [0.15, 0.2) is 5.01 Å². The fourth-order valence-electron chi connectivity index (χ4n) is 5.44. The van der Waals surface area contributed by atoms with Crippen molar-refractivity contribution < 1.29 is 19.2 Å². The molecule has 3 aromatic rings. The fraction of sp³-hybridized carbons (Fsp3) is 0.393. The van der Waals surface area contributed by atoms with Gasteiger partial charge in [0.1, 0.15) is 11.2 Å². The predicted molar refractivity (Wildman–Crippen MR) is 153 cm³/mol. The van der Waals surface area contributed by atoms with Crippen LogP contribution in [0.15, 0.2) is 48.0 Å². The Kier molecular flexibility index (Phi) is 8.89. The van der Waals surface area contributed by atoms with Crippen LogP contribution in [0.2, 0.25) is 5.15 Å². The third-order valence-electron chi connectivity index (χ3n) is 7.40. The van der Waals surface area contributed by atoms with Crippen LogP contribution in [0.4, 0.5) is 5.95 Å². The van der Waals surface area contributed by atoms with E-state index in [1.165, 1.54) is 17.5 Å². The topological polar surface area (TPSA) is 151 Å². The van der Waals surface area contributed by atoms with Crippen molar-refractivity contribution >= 4 is 52.4 Å². The summed E-state index contributed by atoms with van der Waals surface area (Å²) in [7, 11) is 0. The molecule has 3 atom stereocenters. The number of rotatable bonds is 10. The number of thiazole rings is 1. The van der Waals surface area contributed by atoms with Crippen LogP contribution >= 0.6 is 22.9 Å². The number of Topliss-reactive ketones (excluding diaryl/α,β-unsaturated/α-hetero) is 1. The van der Waals surface area contributed by atoms with Crippen LogP contribution < -0.4 is 11.1 Å². The second-order valence-electron chi connectivity index (χ2n) is 10.1. The van der Waals surface area contributed by atoms with E-state index in [0.717, 1.165) is 5.56 Å². The zero-order valence-electron chi connectivity index (χ0n) is 22.2. The predicted octanol–water partition coefficient (Wildman–Crippen LogP) is 2.30. The second-order valence-corrected chi connectivity index (χ2v) is 11.4. The monoisotopic (exact) mass is 595 g/mol. The lowest BCUT2D eigenvalue weighted by Gasteiger charge is -2.39. The average molecular weight is 596 g/mol. The number of nitrogen functional groups attached to an aromatic ring is 1. The van der Waals surface area contributed by atoms with Gasteiger partial charge in [-0.1, -0.05) is 41.9 Å². The molecule has 3 amide bonds. The maximum Gasteiger partial charge on any atom is 0.243 e. The molecule has 0 bridgehead atoms. The summed E-state index contributed by atoms with van der Waals surface area (Å²) in [6, 6.07) is 9.45. The van der Waals surface area contributed by atoms with Gasteiger partial charge >= 0.3 is 0 Å². The first kappa shape index (κ1) is 28.6. The minimum absolute atomic E-state index is 0.0209. The minimum atomic E-state index is -0.890. The number of nitrogens with two attached hydrogens (primary N) is 1. The van der Waals surface area contributed by atoms with Crippen LogP contribution in [0, 0.1) is 0 Å². The highest BCUT2D eigenvalue weighted by Gasteiger charge is 2.46. The molecule has 41 heavy (non-hydrogen) atoms. The number of aromatic nitrogens is 3. The third kappa shape index (κ3) is 6.88. The number of benzene rings is 1. The normalized spacial score (nSPS) is 19.1. The molecule has 5 rings (SSSR count). The van der Waals surface area contributed by atoms with E-state index >= 15 is 0 Å². The summed E-state index contributed by atoms with van der Waals surface area (Å²) in [5.41, 5.74) is 7.31. The van der Waals surface area contributed by atoms with Crippen LogP contribution in [-0.2, 0) is 27.2 Å². The molecule has 4 heterocycles. The number of amides is 3. The molecular weight excluding hydrogens is 566 g/mol. The van der Waals surface area contributed by atoms with E-state index in [-0.39, 0.29) is 52.7 Å². The fourth-order valence-corrected chi connectivity index (χ4v) is 6.28. The number of anilines is 1. The van der Waals surface area contributed by atoms with Crippen molar-refractivity contribution in [3.63, 3.8) is 0 Å². The van der Waals surface area contributed by atoms with Gasteiger partial charge in [-0.15, -0.1) is 11.3 Å². The number of aryl methyl sites for hydroxylation is 2. The van der Waals surface area contributed by atoms with Crippen molar-refractivity contribution in [1.29, 1.82) is 0 Å². The van der Waals surface area contributed by atoms with E-state index in [1.807, 2.05) is 30.3 Å². The summed E-state index contributed by atoms with van der Waals surface area (Å²) >= 11 is 7.18. The van der Waals surface area contributed by atoms with E-state index in [9.17, 15) is 19.2 Å². The molecule has 214 valence electrons. The minimum Gasteiger partial charge on any atom is -0.368 e. The molecule has 1 aromatic carbocycles. The molecule has 2 aliphatic heterocycles. The molecule has 2 fully saturated rings. The lowest BCUT2D eigenvalue weighted by atomic mass is 10.0. The highest BCUT2D eigenvalue weighted by Crippen LogP contribution is 2.29. The molecule has 13 heteroatoms. The molecule has 3 N–H and O–H groups in total. The highest BCUT2D eigenvalue weighted by atomic mass is 35.5. The number of nitrogens with zero attached hydrogens (tertiary/aromatic N) is 5. The SMILES string of the molecule is Nc1nc(Cl)cc(CCC(NC(=O)C2CCC3CN(C(=O)CCc4ccccc4)CC(=O)N32)C(=O)c2nccs2)n1. The zero-order chi connectivity index (χ0) is 28.9. The van der Waals surface area contributed by atoms with Gasteiger partial charge in [-0.2, -0.15) is 0 Å². The number of carbonyl (C=O) groups is 4. The van der Waals surface area contributed by atoms with Gasteiger partial charge in [0.05, 0.1) is 18.6 Å². The molecule has 2 saturated heterocycles. The second kappa shape index (κ2) is 12.7. The smallest absolute Gasteiger partial charge is 0.243 e. The molecule has 2 aliphatic rings. The van der Waals surface area contributed by atoms with E-state index in [1.54, 1.807) is 21.2 Å². The number of hydrogen-bond acceptors (Lipinski definition) is 9. The van der Waals surface area contributed by atoms with Crippen molar-refractivity contribution in [1.82, 2.24) is 30.1 Å².